The minimum Gasteiger partial charge on any atom is -0.508 e. The zero-order chi connectivity index (χ0) is 26.9. The van der Waals surface area contributed by atoms with Gasteiger partial charge in [0.05, 0.1) is 0 Å². The second-order valence-corrected chi connectivity index (χ2v) is 15.6. The van der Waals surface area contributed by atoms with Gasteiger partial charge in [-0.3, -0.25) is 9.80 Å². The number of thioether (sulfide) groups is 2. The van der Waals surface area contributed by atoms with Gasteiger partial charge in [0.25, 0.3) is 0 Å². The Morgan fingerprint density at radius 2 is 1.24 bits per heavy atom. The lowest BCUT2D eigenvalue weighted by atomic mass is 9.70. The Morgan fingerprint density at radius 3 is 1.82 bits per heavy atom. The molecule has 7 heteroatoms. The summed E-state index contributed by atoms with van der Waals surface area (Å²) in [6, 6.07) is 5.87. The smallest absolute Gasteiger partial charge is 0.162 e. The standard InChI is InChI=1S/C31H42N2O3S2/c1-29(2)18-31(26-20(13-21(34)14-23(26)29)16-32-5-9-37-10-6-32)19-30(3,4)24-15-25(35)28(36)22(27(24)31)17-33-7-11-38-12-8-33/h13-15,34-36H,5-12,16-19H2,1-4H3. The third-order valence-corrected chi connectivity index (χ3v) is 11.4. The van der Waals surface area contributed by atoms with Gasteiger partial charge in [0, 0.05) is 73.3 Å². The first-order valence-electron chi connectivity index (χ1n) is 14.1. The normalized spacial score (nSPS) is 26.5. The van der Waals surface area contributed by atoms with Gasteiger partial charge in [-0.2, -0.15) is 23.5 Å². The van der Waals surface area contributed by atoms with E-state index in [1.165, 1.54) is 27.8 Å². The second kappa shape index (κ2) is 9.53. The molecule has 1 spiro atoms. The maximum absolute atomic E-state index is 11.4. The van der Waals surface area contributed by atoms with E-state index in [-0.39, 0.29) is 27.7 Å². The van der Waals surface area contributed by atoms with Crippen LogP contribution in [0.25, 0.3) is 0 Å². The van der Waals surface area contributed by atoms with Crippen LogP contribution in [0.4, 0.5) is 0 Å². The number of hydrogen-bond acceptors (Lipinski definition) is 7. The molecule has 0 amide bonds. The highest BCUT2D eigenvalue weighted by atomic mass is 32.2. The molecule has 2 heterocycles. The molecular formula is C31H42N2O3S2. The topological polar surface area (TPSA) is 67.2 Å². The van der Waals surface area contributed by atoms with E-state index in [2.05, 4.69) is 37.5 Å². The highest BCUT2D eigenvalue weighted by Crippen LogP contribution is 2.66. The minimum absolute atomic E-state index is 0.00415. The second-order valence-electron chi connectivity index (χ2n) is 13.2. The monoisotopic (exact) mass is 554 g/mol. The average Bonchev–Trinajstić information content (AvgIpc) is 3.22. The van der Waals surface area contributed by atoms with E-state index < -0.39 is 0 Å². The van der Waals surface area contributed by atoms with Crippen LogP contribution in [0.2, 0.25) is 0 Å². The summed E-state index contributed by atoms with van der Waals surface area (Å²) in [5.41, 5.74) is 6.63. The molecule has 6 rings (SSSR count). The summed E-state index contributed by atoms with van der Waals surface area (Å²) in [6.45, 7) is 14.9. The van der Waals surface area contributed by atoms with Crippen LogP contribution in [0.1, 0.15) is 73.9 Å². The number of phenols is 3. The minimum atomic E-state index is -0.268. The largest absolute Gasteiger partial charge is 0.508 e. The molecule has 38 heavy (non-hydrogen) atoms. The van der Waals surface area contributed by atoms with Crippen molar-refractivity contribution in [2.75, 3.05) is 49.2 Å². The fourth-order valence-electron chi connectivity index (χ4n) is 8.08. The van der Waals surface area contributed by atoms with Crippen LogP contribution < -0.4 is 0 Å². The van der Waals surface area contributed by atoms with E-state index in [0.29, 0.717) is 12.3 Å². The van der Waals surface area contributed by atoms with E-state index in [9.17, 15) is 15.3 Å². The number of hydrogen-bond donors (Lipinski definition) is 3. The molecule has 206 valence electrons. The third-order valence-electron chi connectivity index (χ3n) is 9.47. The molecule has 4 aliphatic rings. The number of nitrogens with zero attached hydrogens (tertiary/aromatic N) is 2. The molecule has 2 fully saturated rings. The van der Waals surface area contributed by atoms with Gasteiger partial charge < -0.3 is 15.3 Å². The Morgan fingerprint density at radius 1 is 0.711 bits per heavy atom. The average molecular weight is 555 g/mol. The summed E-state index contributed by atoms with van der Waals surface area (Å²) in [4.78, 5) is 4.97. The highest BCUT2D eigenvalue weighted by molar-refractivity contribution is 7.99. The SMILES string of the molecule is CC1(C)CC2(CC(C)(C)c3cc(O)c(O)c(CN4CCSCC4)c32)c2c(CN3CCSCC3)cc(O)cc21. The lowest BCUT2D eigenvalue weighted by Gasteiger charge is -2.35. The molecule has 0 bridgehead atoms. The molecule has 2 aliphatic carbocycles. The third kappa shape index (κ3) is 4.32. The van der Waals surface area contributed by atoms with Gasteiger partial charge in [0.1, 0.15) is 5.75 Å². The molecule has 0 aromatic heterocycles. The van der Waals surface area contributed by atoms with Gasteiger partial charge in [0.15, 0.2) is 11.5 Å². The van der Waals surface area contributed by atoms with Crippen LogP contribution in [0, 0.1) is 0 Å². The van der Waals surface area contributed by atoms with Crippen LogP contribution >= 0.6 is 23.5 Å². The van der Waals surface area contributed by atoms with Crippen molar-refractivity contribution in [2.45, 2.75) is 69.9 Å². The quantitative estimate of drug-likeness (QED) is 0.428. The van der Waals surface area contributed by atoms with Gasteiger partial charge in [-0.1, -0.05) is 27.7 Å². The first kappa shape index (κ1) is 26.7. The Hall–Kier alpha value is -1.54. The first-order chi connectivity index (χ1) is 18.0. The fourth-order valence-corrected chi connectivity index (χ4v) is 10.0. The highest BCUT2D eigenvalue weighted by Gasteiger charge is 2.58. The zero-order valence-corrected chi connectivity index (χ0v) is 24.9. The zero-order valence-electron chi connectivity index (χ0n) is 23.3. The van der Waals surface area contributed by atoms with E-state index >= 15 is 0 Å². The van der Waals surface area contributed by atoms with Gasteiger partial charge in [-0.15, -0.1) is 0 Å². The van der Waals surface area contributed by atoms with Crippen molar-refractivity contribution in [3.8, 4) is 17.2 Å². The summed E-state index contributed by atoms with van der Waals surface area (Å²) >= 11 is 4.01. The van der Waals surface area contributed by atoms with Crippen molar-refractivity contribution in [1.29, 1.82) is 0 Å². The van der Waals surface area contributed by atoms with Gasteiger partial charge in [-0.05, 0) is 69.7 Å². The molecule has 1 atom stereocenters. The molecule has 5 nitrogen and oxygen atoms in total. The van der Waals surface area contributed by atoms with Crippen molar-refractivity contribution >= 4 is 23.5 Å². The number of rotatable bonds is 4. The van der Waals surface area contributed by atoms with E-state index in [0.717, 1.165) is 74.1 Å². The molecule has 0 saturated carbocycles. The summed E-state index contributed by atoms with van der Waals surface area (Å²) in [5.74, 6) is 4.92. The number of phenolic OH excluding ortho intramolecular Hbond substituents is 3. The van der Waals surface area contributed by atoms with Crippen LogP contribution in [0.3, 0.4) is 0 Å². The van der Waals surface area contributed by atoms with Crippen molar-refractivity contribution < 1.29 is 15.3 Å². The molecule has 2 aliphatic heterocycles. The van der Waals surface area contributed by atoms with Crippen molar-refractivity contribution in [1.82, 2.24) is 9.80 Å². The maximum Gasteiger partial charge on any atom is 0.162 e. The Balaban J connectivity index is 1.57. The van der Waals surface area contributed by atoms with Crippen molar-refractivity contribution in [3.63, 3.8) is 0 Å². The number of benzene rings is 2. The first-order valence-corrected chi connectivity index (χ1v) is 16.4. The Labute approximate surface area is 236 Å². The molecule has 1 unspecified atom stereocenters. The predicted molar refractivity (Wildman–Crippen MR) is 159 cm³/mol. The van der Waals surface area contributed by atoms with Crippen LogP contribution in [0.5, 0.6) is 17.2 Å². The van der Waals surface area contributed by atoms with Gasteiger partial charge in [-0.25, -0.2) is 0 Å². The maximum atomic E-state index is 11.4. The summed E-state index contributed by atoms with van der Waals surface area (Å²) in [5, 5.41) is 33.3. The Kier molecular flexibility index (Phi) is 6.69. The van der Waals surface area contributed by atoms with E-state index in [4.69, 9.17) is 0 Å². The number of aromatic hydroxyl groups is 3. The molecule has 2 saturated heterocycles. The molecule has 0 radical (unpaired) electrons. The molecular weight excluding hydrogens is 512 g/mol. The summed E-state index contributed by atoms with van der Waals surface area (Å²) in [6.07, 6.45) is 1.87. The van der Waals surface area contributed by atoms with E-state index in [1.807, 2.05) is 41.7 Å². The summed E-state index contributed by atoms with van der Waals surface area (Å²) in [7, 11) is 0. The molecule has 3 N–H and O–H groups in total. The van der Waals surface area contributed by atoms with Crippen molar-refractivity contribution in [2.24, 2.45) is 0 Å². The molecule has 2 aromatic rings. The number of fused-ring (bicyclic) bond motifs is 4. The van der Waals surface area contributed by atoms with Crippen LogP contribution in [0.15, 0.2) is 18.2 Å². The van der Waals surface area contributed by atoms with E-state index in [1.54, 1.807) is 0 Å². The van der Waals surface area contributed by atoms with Gasteiger partial charge >= 0.3 is 0 Å². The van der Waals surface area contributed by atoms with Gasteiger partial charge in [0.2, 0.25) is 0 Å². The fraction of sp³-hybridized carbons (Fsp3) is 0.613. The lowest BCUT2D eigenvalue weighted by Crippen LogP contribution is -2.35. The lowest BCUT2D eigenvalue weighted by molar-refractivity contribution is 0.281. The van der Waals surface area contributed by atoms with Crippen molar-refractivity contribution in [3.05, 3.63) is 51.6 Å². The van der Waals surface area contributed by atoms with Crippen LogP contribution in [-0.2, 0) is 29.3 Å². The predicted octanol–water partition coefficient (Wildman–Crippen LogP) is 5.55. The molecule has 2 aromatic carbocycles. The summed E-state index contributed by atoms with van der Waals surface area (Å²) < 4.78 is 0. The van der Waals surface area contributed by atoms with Crippen LogP contribution in [-0.4, -0.2) is 74.3 Å². The Bertz CT molecular complexity index is 1240.